The van der Waals surface area contributed by atoms with Gasteiger partial charge in [0.1, 0.15) is 11.2 Å². The van der Waals surface area contributed by atoms with Gasteiger partial charge in [0.25, 0.3) is 0 Å². The van der Waals surface area contributed by atoms with Gasteiger partial charge < -0.3 is 9.32 Å². The first-order chi connectivity index (χ1) is 26.8. The quantitative estimate of drug-likeness (QED) is 0.166. The van der Waals surface area contributed by atoms with Gasteiger partial charge >= 0.3 is 0 Å². The maximum Gasteiger partial charge on any atom is 0.136 e. The van der Waals surface area contributed by atoms with Crippen LogP contribution in [0.15, 0.2) is 217 Å². The molecule has 1 aromatic heterocycles. The summed E-state index contributed by atoms with van der Waals surface area (Å²) in [5.74, 6) is 0. The second-order valence-corrected chi connectivity index (χ2v) is 13.7. The lowest BCUT2D eigenvalue weighted by molar-refractivity contribution is 0.669. The fraction of sp³-hybridized carbons (Fsp3) is 0. The molecule has 0 aliphatic rings. The van der Waals surface area contributed by atoms with Gasteiger partial charge in [0.15, 0.2) is 0 Å². The van der Waals surface area contributed by atoms with Crippen LogP contribution in [0.1, 0.15) is 0 Å². The van der Waals surface area contributed by atoms with Crippen LogP contribution < -0.4 is 4.90 Å². The monoisotopic (exact) mass is 689 g/mol. The Hall–Kier alpha value is -7.16. The van der Waals surface area contributed by atoms with Crippen LogP contribution in [0.3, 0.4) is 0 Å². The molecule has 2 heteroatoms. The lowest BCUT2D eigenvalue weighted by atomic mass is 9.96. The highest BCUT2D eigenvalue weighted by atomic mass is 16.3. The fourth-order valence-corrected chi connectivity index (χ4v) is 7.77. The maximum atomic E-state index is 6.28. The fourth-order valence-electron chi connectivity index (χ4n) is 7.77. The second-order valence-electron chi connectivity index (χ2n) is 13.7. The summed E-state index contributed by atoms with van der Waals surface area (Å²) in [6, 6.07) is 75.9. The lowest BCUT2D eigenvalue weighted by Gasteiger charge is -2.28. The summed E-state index contributed by atoms with van der Waals surface area (Å²) in [5.41, 5.74) is 14.6. The van der Waals surface area contributed by atoms with Gasteiger partial charge in [0, 0.05) is 27.7 Å². The van der Waals surface area contributed by atoms with Crippen molar-refractivity contribution in [3.05, 3.63) is 212 Å². The first-order valence-corrected chi connectivity index (χ1v) is 18.4. The number of hydrogen-bond acceptors (Lipinski definition) is 2. The van der Waals surface area contributed by atoms with E-state index in [4.69, 9.17) is 4.42 Å². The molecule has 0 bridgehead atoms. The predicted molar refractivity (Wildman–Crippen MR) is 228 cm³/mol. The molecule has 2 nitrogen and oxygen atoms in total. The maximum absolute atomic E-state index is 6.28. The number of rotatable bonds is 7. The normalized spacial score (nSPS) is 11.3. The summed E-state index contributed by atoms with van der Waals surface area (Å²) >= 11 is 0. The van der Waals surface area contributed by atoms with Crippen molar-refractivity contribution in [2.24, 2.45) is 0 Å². The molecule has 0 saturated heterocycles. The molecule has 0 atom stereocenters. The summed E-state index contributed by atoms with van der Waals surface area (Å²) in [5, 5.41) is 4.67. The predicted octanol–water partition coefficient (Wildman–Crippen LogP) is 14.9. The zero-order valence-corrected chi connectivity index (χ0v) is 29.6. The molecule has 0 unspecified atom stereocenters. The molecular formula is C52H35NO. The SMILES string of the molecule is c1ccc(-c2ccc(-c3ccc(N(c4ccc(-c5ccccc5)cc4)c4ccccc4-c4ccc5ccc6oc7ccccc7c6c5c4)cc3)cc2)cc1. The van der Waals surface area contributed by atoms with Crippen LogP contribution in [0.4, 0.5) is 17.1 Å². The molecular weight excluding hydrogens is 655 g/mol. The molecule has 10 rings (SSSR count). The average Bonchev–Trinajstić information content (AvgIpc) is 3.64. The number of benzene rings is 9. The summed E-state index contributed by atoms with van der Waals surface area (Å²) in [7, 11) is 0. The Balaban J connectivity index is 1.09. The molecule has 9 aromatic carbocycles. The summed E-state index contributed by atoms with van der Waals surface area (Å²) in [4.78, 5) is 2.38. The van der Waals surface area contributed by atoms with Gasteiger partial charge in [0.2, 0.25) is 0 Å². The molecule has 0 aliphatic heterocycles. The third-order valence-corrected chi connectivity index (χ3v) is 10.5. The first kappa shape index (κ1) is 31.6. The van der Waals surface area contributed by atoms with Crippen LogP contribution >= 0.6 is 0 Å². The molecule has 254 valence electrons. The van der Waals surface area contributed by atoms with E-state index in [2.05, 4.69) is 205 Å². The minimum Gasteiger partial charge on any atom is -0.456 e. The second kappa shape index (κ2) is 13.4. The van der Waals surface area contributed by atoms with Crippen molar-refractivity contribution in [1.29, 1.82) is 0 Å². The molecule has 54 heavy (non-hydrogen) atoms. The van der Waals surface area contributed by atoms with E-state index in [1.807, 2.05) is 12.1 Å². The van der Waals surface area contributed by atoms with E-state index < -0.39 is 0 Å². The van der Waals surface area contributed by atoms with Crippen molar-refractivity contribution < 1.29 is 4.42 Å². The highest BCUT2D eigenvalue weighted by molar-refractivity contribution is 6.19. The van der Waals surface area contributed by atoms with E-state index in [-0.39, 0.29) is 0 Å². The van der Waals surface area contributed by atoms with Gasteiger partial charge in [-0.1, -0.05) is 164 Å². The molecule has 0 N–H and O–H groups in total. The van der Waals surface area contributed by atoms with E-state index in [9.17, 15) is 0 Å². The molecule has 0 spiro atoms. The highest BCUT2D eigenvalue weighted by Gasteiger charge is 2.19. The van der Waals surface area contributed by atoms with E-state index >= 15 is 0 Å². The molecule has 0 radical (unpaired) electrons. The Morgan fingerprint density at radius 1 is 0.315 bits per heavy atom. The molecule has 0 fully saturated rings. The molecule has 10 aromatic rings. The van der Waals surface area contributed by atoms with Crippen molar-refractivity contribution in [3.63, 3.8) is 0 Å². The summed E-state index contributed by atoms with van der Waals surface area (Å²) < 4.78 is 6.28. The average molecular weight is 690 g/mol. The van der Waals surface area contributed by atoms with E-state index in [0.29, 0.717) is 0 Å². The third-order valence-electron chi connectivity index (χ3n) is 10.5. The Labute approximate surface area is 314 Å². The Morgan fingerprint density at radius 2 is 0.778 bits per heavy atom. The highest BCUT2D eigenvalue weighted by Crippen LogP contribution is 2.43. The van der Waals surface area contributed by atoms with Crippen molar-refractivity contribution in [1.82, 2.24) is 0 Å². The van der Waals surface area contributed by atoms with Gasteiger partial charge in [-0.2, -0.15) is 0 Å². The number of anilines is 3. The van der Waals surface area contributed by atoms with Crippen molar-refractivity contribution in [2.75, 3.05) is 4.90 Å². The van der Waals surface area contributed by atoms with Crippen LogP contribution in [0.5, 0.6) is 0 Å². The molecule has 1 heterocycles. The van der Waals surface area contributed by atoms with E-state index in [0.717, 1.165) is 50.1 Å². The van der Waals surface area contributed by atoms with Gasteiger partial charge in [-0.05, 0) is 98.2 Å². The Kier molecular flexibility index (Phi) is 7.85. The Morgan fingerprint density at radius 3 is 1.39 bits per heavy atom. The van der Waals surface area contributed by atoms with Crippen LogP contribution in [-0.4, -0.2) is 0 Å². The Bertz CT molecular complexity index is 2890. The number of hydrogen-bond donors (Lipinski definition) is 0. The van der Waals surface area contributed by atoms with Crippen molar-refractivity contribution in [2.45, 2.75) is 0 Å². The number of furan rings is 1. The number of fused-ring (bicyclic) bond motifs is 5. The topological polar surface area (TPSA) is 16.4 Å². The molecule has 0 aliphatic carbocycles. The van der Waals surface area contributed by atoms with Crippen LogP contribution in [0.25, 0.3) is 77.2 Å². The third kappa shape index (κ3) is 5.71. The minimum atomic E-state index is 0.907. The van der Waals surface area contributed by atoms with Crippen molar-refractivity contribution in [3.8, 4) is 44.5 Å². The van der Waals surface area contributed by atoms with Gasteiger partial charge in [-0.15, -0.1) is 0 Å². The number of nitrogens with zero attached hydrogens (tertiary/aromatic N) is 1. The zero-order chi connectivity index (χ0) is 35.8. The van der Waals surface area contributed by atoms with E-state index in [1.165, 1.54) is 44.2 Å². The van der Waals surface area contributed by atoms with Gasteiger partial charge in [-0.25, -0.2) is 0 Å². The first-order valence-electron chi connectivity index (χ1n) is 18.4. The van der Waals surface area contributed by atoms with Crippen molar-refractivity contribution >= 4 is 49.8 Å². The van der Waals surface area contributed by atoms with Gasteiger partial charge in [-0.3, -0.25) is 0 Å². The minimum absolute atomic E-state index is 0.907. The number of para-hydroxylation sites is 2. The zero-order valence-electron chi connectivity index (χ0n) is 29.6. The summed E-state index contributed by atoms with van der Waals surface area (Å²) in [6.45, 7) is 0. The molecule has 0 amide bonds. The lowest BCUT2D eigenvalue weighted by Crippen LogP contribution is -2.11. The largest absolute Gasteiger partial charge is 0.456 e. The summed E-state index contributed by atoms with van der Waals surface area (Å²) in [6.07, 6.45) is 0. The van der Waals surface area contributed by atoms with Crippen LogP contribution in [-0.2, 0) is 0 Å². The smallest absolute Gasteiger partial charge is 0.136 e. The van der Waals surface area contributed by atoms with E-state index in [1.54, 1.807) is 0 Å². The van der Waals surface area contributed by atoms with Gasteiger partial charge in [0.05, 0.1) is 5.69 Å². The van der Waals surface area contributed by atoms with Crippen LogP contribution in [0, 0.1) is 0 Å². The van der Waals surface area contributed by atoms with Crippen LogP contribution in [0.2, 0.25) is 0 Å². The standard InChI is InChI=1S/C52H35NO/c1-3-11-36(12-4-1)38-19-21-39(22-20-38)41-27-32-45(33-28-41)53(44-30-25-40(26-31-44)37-13-5-2-6-14-37)49-17-9-7-15-46(49)43-24-23-42-29-34-51-52(48(42)35-43)47-16-8-10-18-50(47)54-51/h1-35H. The molecule has 0 saturated carbocycles.